The van der Waals surface area contributed by atoms with Gasteiger partial charge in [-0.25, -0.2) is 14.6 Å². The Hall–Kier alpha value is -4.19. The fourth-order valence-electron chi connectivity index (χ4n) is 4.88. The third-order valence-corrected chi connectivity index (χ3v) is 9.31. The van der Waals surface area contributed by atoms with Gasteiger partial charge in [-0.05, 0) is 19.9 Å². The number of halogens is 1. The Balaban J connectivity index is 1.38. The first-order valence-corrected chi connectivity index (χ1v) is 15.4. The van der Waals surface area contributed by atoms with Gasteiger partial charge in [-0.3, -0.25) is 14.5 Å². The predicted octanol–water partition coefficient (Wildman–Crippen LogP) is 0.601. The summed E-state index contributed by atoms with van der Waals surface area (Å²) in [5.74, 6) is -3.89. The number of thioether (sulfide) groups is 1. The molecule has 15 nitrogen and oxygen atoms in total. The second-order valence-corrected chi connectivity index (χ2v) is 12.9. The first kappa shape index (κ1) is 31.2. The Bertz CT molecular complexity index is 1740. The van der Waals surface area contributed by atoms with Crippen LogP contribution in [0.25, 0.3) is 11.0 Å². The van der Waals surface area contributed by atoms with Crippen LogP contribution in [0.15, 0.2) is 47.0 Å². The number of β-lactam (4-membered cyclic amide) rings is 1. The standard InChI is InChI=1S/C26H27ClN8O7S2/c1-11(28)8-34-7-5-15-14(34)4-3-6-33(15)9-13-10-43-23-18(22(37)35(23)19(13)25(40)41)30-21(36)17(32-42-12(2)24(38)39)16-20(27)44-26(29)31-16/h3-7,11-12,18,23H,8-10,28H2,1-2H3,(H4-,29,30,31,36,38,39,40,41)/p+1/t11-,12-,18+,23+/m0/s1. The molecule has 3 aromatic heterocycles. The number of carboxylic acid groups (broad SMARTS) is 2. The zero-order valence-electron chi connectivity index (χ0n) is 23.3. The van der Waals surface area contributed by atoms with Crippen molar-refractivity contribution in [2.45, 2.75) is 50.5 Å². The summed E-state index contributed by atoms with van der Waals surface area (Å²) in [4.78, 5) is 60.3. The van der Waals surface area contributed by atoms with E-state index in [4.69, 9.17) is 33.0 Å². The van der Waals surface area contributed by atoms with Gasteiger partial charge >= 0.3 is 11.9 Å². The number of nitrogens with one attached hydrogen (secondary N) is 1. The van der Waals surface area contributed by atoms with E-state index >= 15 is 0 Å². The Morgan fingerprint density at radius 2 is 2.07 bits per heavy atom. The summed E-state index contributed by atoms with van der Waals surface area (Å²) in [5, 5.41) is 24.8. The molecular formula is C26H28ClN8O7S2+. The summed E-state index contributed by atoms with van der Waals surface area (Å²) >= 11 is 8.32. The molecule has 5 heterocycles. The van der Waals surface area contributed by atoms with E-state index < -0.39 is 47.0 Å². The summed E-state index contributed by atoms with van der Waals surface area (Å²) in [6, 6.07) is 4.58. The molecule has 1 saturated heterocycles. The van der Waals surface area contributed by atoms with E-state index in [9.17, 15) is 24.3 Å². The monoisotopic (exact) mass is 663 g/mol. The average molecular weight is 664 g/mol. The van der Waals surface area contributed by atoms with E-state index in [2.05, 4.69) is 15.5 Å². The van der Waals surface area contributed by atoms with Crippen molar-refractivity contribution in [2.24, 2.45) is 10.9 Å². The number of amides is 2. The zero-order valence-corrected chi connectivity index (χ0v) is 25.7. The van der Waals surface area contributed by atoms with Gasteiger partial charge in [-0.2, -0.15) is 4.57 Å². The molecule has 2 amide bonds. The molecule has 0 saturated carbocycles. The van der Waals surface area contributed by atoms with Gasteiger partial charge in [0.15, 0.2) is 23.6 Å². The van der Waals surface area contributed by atoms with E-state index in [1.807, 2.05) is 46.7 Å². The molecule has 0 aromatic carbocycles. The van der Waals surface area contributed by atoms with Crippen LogP contribution in [-0.2, 0) is 37.1 Å². The zero-order chi connectivity index (χ0) is 31.9. The molecule has 1 fully saturated rings. The number of oxime groups is 1. The van der Waals surface area contributed by atoms with Crippen molar-refractivity contribution >= 4 is 80.3 Å². The third kappa shape index (κ3) is 5.95. The SMILES string of the molecule is C[C@H](N)Cn1ccc2c1ccc[n+]2CC1=C(C(=O)O)N2C(=O)[C@@H](NC(=O)C(=NO[C@@H](C)C(=O)O)c3nc(N)sc3Cl)[C@H]2SC1. The van der Waals surface area contributed by atoms with Crippen LogP contribution in [0.1, 0.15) is 19.5 Å². The molecule has 0 unspecified atom stereocenters. The van der Waals surface area contributed by atoms with Gasteiger partial charge in [-0.15, -0.1) is 11.8 Å². The van der Waals surface area contributed by atoms with Gasteiger partial charge in [0, 0.05) is 42.2 Å². The molecule has 4 atom stereocenters. The summed E-state index contributed by atoms with van der Waals surface area (Å²) in [6.07, 6.45) is 2.36. The number of fused-ring (bicyclic) bond motifs is 2. The van der Waals surface area contributed by atoms with Gasteiger partial charge in [-0.1, -0.05) is 28.1 Å². The average Bonchev–Trinajstić information content (AvgIpc) is 3.52. The largest absolute Gasteiger partial charge is 0.478 e. The normalized spacial score (nSPS) is 19.8. The van der Waals surface area contributed by atoms with Crippen LogP contribution in [0.3, 0.4) is 0 Å². The highest BCUT2D eigenvalue weighted by Gasteiger charge is 2.55. The molecule has 5 rings (SSSR count). The Morgan fingerprint density at radius 3 is 2.70 bits per heavy atom. The number of carbonyl (C=O) groups excluding carboxylic acids is 2. The van der Waals surface area contributed by atoms with Crippen LogP contribution >= 0.6 is 34.7 Å². The van der Waals surface area contributed by atoms with Crippen molar-refractivity contribution in [3.8, 4) is 0 Å². The number of aliphatic carboxylic acids is 2. The van der Waals surface area contributed by atoms with Crippen LogP contribution in [0.5, 0.6) is 0 Å². The van der Waals surface area contributed by atoms with Crippen LogP contribution in [0.2, 0.25) is 4.34 Å². The molecule has 0 bridgehead atoms. The molecule has 18 heteroatoms. The number of nitrogens with zero attached hydrogens (tertiary/aromatic N) is 5. The molecule has 7 N–H and O–H groups in total. The molecule has 232 valence electrons. The topological polar surface area (TPSA) is 219 Å². The molecule has 44 heavy (non-hydrogen) atoms. The first-order valence-electron chi connectivity index (χ1n) is 13.2. The van der Waals surface area contributed by atoms with E-state index in [1.165, 1.54) is 18.7 Å². The predicted molar refractivity (Wildman–Crippen MR) is 162 cm³/mol. The number of thiazole rings is 1. The highest BCUT2D eigenvalue weighted by atomic mass is 35.5. The number of rotatable bonds is 11. The molecule has 2 aliphatic rings. The Labute approximate surface area is 263 Å². The number of hydrogen-bond acceptors (Lipinski definition) is 11. The van der Waals surface area contributed by atoms with Crippen molar-refractivity contribution in [1.82, 2.24) is 19.8 Å². The minimum atomic E-state index is -1.41. The number of carbonyl (C=O) groups is 4. The van der Waals surface area contributed by atoms with Crippen molar-refractivity contribution < 1.29 is 38.8 Å². The maximum Gasteiger partial charge on any atom is 0.352 e. The molecule has 2 aliphatic heterocycles. The van der Waals surface area contributed by atoms with Gasteiger partial charge in [0.2, 0.25) is 11.6 Å². The maximum absolute atomic E-state index is 13.3. The minimum Gasteiger partial charge on any atom is -0.478 e. The molecular weight excluding hydrogens is 636 g/mol. The minimum absolute atomic E-state index is 0.00211. The van der Waals surface area contributed by atoms with Gasteiger partial charge < -0.3 is 36.4 Å². The van der Waals surface area contributed by atoms with E-state index in [1.54, 1.807) is 0 Å². The summed E-state index contributed by atoms with van der Waals surface area (Å²) in [5.41, 5.74) is 13.2. The second kappa shape index (κ2) is 12.4. The van der Waals surface area contributed by atoms with E-state index in [-0.39, 0.29) is 39.2 Å². The number of carboxylic acids is 2. The molecule has 0 radical (unpaired) electrons. The summed E-state index contributed by atoms with van der Waals surface area (Å²) in [6.45, 7) is 3.95. The van der Waals surface area contributed by atoms with Crippen molar-refractivity contribution in [3.63, 3.8) is 0 Å². The molecule has 0 aliphatic carbocycles. The summed E-state index contributed by atoms with van der Waals surface area (Å²) in [7, 11) is 0. The van der Waals surface area contributed by atoms with Gasteiger partial charge in [0.05, 0.1) is 0 Å². The number of hydrogen-bond donors (Lipinski definition) is 5. The van der Waals surface area contributed by atoms with Crippen LogP contribution in [0, 0.1) is 0 Å². The maximum atomic E-state index is 13.3. The highest BCUT2D eigenvalue weighted by Crippen LogP contribution is 2.40. The second-order valence-electron chi connectivity index (χ2n) is 10.2. The summed E-state index contributed by atoms with van der Waals surface area (Å²) < 4.78 is 3.94. The van der Waals surface area contributed by atoms with Gasteiger partial charge in [0.25, 0.3) is 11.8 Å². The van der Waals surface area contributed by atoms with Crippen LogP contribution in [-0.4, -0.2) is 83.4 Å². The van der Waals surface area contributed by atoms with Crippen molar-refractivity contribution in [2.75, 3.05) is 11.5 Å². The lowest BCUT2D eigenvalue weighted by Crippen LogP contribution is -2.71. The molecule has 3 aromatic rings. The van der Waals surface area contributed by atoms with Crippen LogP contribution < -0.4 is 21.4 Å². The lowest BCUT2D eigenvalue weighted by atomic mass is 10.0. The number of nitrogen functional groups attached to an aromatic ring is 1. The lowest BCUT2D eigenvalue weighted by molar-refractivity contribution is -0.663. The number of nitrogens with two attached hydrogens (primary N) is 2. The third-order valence-electron chi connectivity index (χ3n) is 6.89. The lowest BCUT2D eigenvalue weighted by Gasteiger charge is -2.49. The Kier molecular flexibility index (Phi) is 8.83. The number of anilines is 1. The van der Waals surface area contributed by atoms with E-state index in [0.29, 0.717) is 12.1 Å². The highest BCUT2D eigenvalue weighted by molar-refractivity contribution is 8.00. The quantitative estimate of drug-likeness (QED) is 0.0827. The molecule has 0 spiro atoms. The van der Waals surface area contributed by atoms with Crippen molar-refractivity contribution in [1.29, 1.82) is 0 Å². The fraction of sp³-hybridized carbons (Fsp3) is 0.346. The number of pyridine rings is 1. The number of aromatic nitrogens is 3. The Morgan fingerprint density at radius 1 is 1.32 bits per heavy atom. The van der Waals surface area contributed by atoms with Gasteiger partial charge in [0.1, 0.15) is 32.7 Å². The van der Waals surface area contributed by atoms with E-state index in [0.717, 1.165) is 27.3 Å². The smallest absolute Gasteiger partial charge is 0.352 e. The van der Waals surface area contributed by atoms with Crippen molar-refractivity contribution in [3.05, 3.63) is 51.9 Å². The first-order chi connectivity index (χ1) is 20.9. The van der Waals surface area contributed by atoms with Crippen LogP contribution in [0.4, 0.5) is 5.13 Å². The fourth-order valence-corrected chi connectivity index (χ4v) is 7.14.